The lowest BCUT2D eigenvalue weighted by molar-refractivity contribution is 0.0528. The van der Waals surface area contributed by atoms with Crippen LogP contribution in [-0.4, -0.2) is 47.8 Å². The molecule has 0 saturated heterocycles. The van der Waals surface area contributed by atoms with E-state index in [9.17, 15) is 9.59 Å². The molecule has 10 heteroatoms. The Balaban J connectivity index is 1.35. The van der Waals surface area contributed by atoms with Crippen molar-refractivity contribution in [1.29, 1.82) is 0 Å². The number of anilines is 1. The first-order valence-corrected chi connectivity index (χ1v) is 12.3. The third-order valence-corrected chi connectivity index (χ3v) is 6.27. The van der Waals surface area contributed by atoms with Crippen LogP contribution in [-0.2, 0) is 11.8 Å². The van der Waals surface area contributed by atoms with Crippen LogP contribution in [0.1, 0.15) is 27.6 Å². The number of pyridine rings is 1. The van der Waals surface area contributed by atoms with Crippen LogP contribution in [0.3, 0.4) is 0 Å². The fraction of sp³-hybridized carbons (Fsp3) is 0.103. The van der Waals surface area contributed by atoms with Crippen molar-refractivity contribution >= 4 is 34.1 Å². The Morgan fingerprint density at radius 1 is 0.949 bits per heavy atom. The van der Waals surface area contributed by atoms with Crippen LogP contribution in [0.5, 0.6) is 0 Å². The molecule has 0 atom stereocenters. The van der Waals surface area contributed by atoms with Gasteiger partial charge in [-0.2, -0.15) is 10.2 Å². The van der Waals surface area contributed by atoms with Gasteiger partial charge in [0, 0.05) is 41.6 Å². The van der Waals surface area contributed by atoms with Crippen molar-refractivity contribution in [3.63, 3.8) is 0 Å². The van der Waals surface area contributed by atoms with Gasteiger partial charge < -0.3 is 10.1 Å². The number of aryl methyl sites for hydroxylation is 1. The Bertz CT molecular complexity index is 1870. The highest BCUT2D eigenvalue weighted by atomic mass is 16.5. The molecule has 6 rings (SSSR count). The van der Waals surface area contributed by atoms with Crippen molar-refractivity contribution in [2.24, 2.45) is 7.05 Å². The number of nitrogens with one attached hydrogen (secondary N) is 1. The number of para-hydroxylation sites is 1. The third-order valence-electron chi connectivity index (χ3n) is 6.27. The van der Waals surface area contributed by atoms with E-state index >= 15 is 0 Å². The number of hydrogen-bond acceptors (Lipinski definition) is 7. The number of esters is 1. The molecule has 0 bridgehead atoms. The first kappa shape index (κ1) is 24.0. The maximum atomic E-state index is 13.6. The minimum absolute atomic E-state index is 0.258. The van der Waals surface area contributed by atoms with E-state index in [1.165, 1.54) is 6.20 Å². The fourth-order valence-corrected chi connectivity index (χ4v) is 4.48. The minimum Gasteiger partial charge on any atom is -0.462 e. The molecular weight excluding hydrogens is 494 g/mol. The summed E-state index contributed by atoms with van der Waals surface area (Å²) in [7, 11) is 1.84. The Morgan fingerprint density at radius 3 is 2.64 bits per heavy atom. The van der Waals surface area contributed by atoms with Crippen molar-refractivity contribution in [2.75, 3.05) is 11.9 Å². The Labute approximate surface area is 222 Å². The second kappa shape index (κ2) is 9.82. The summed E-state index contributed by atoms with van der Waals surface area (Å²) in [6, 6.07) is 18.5. The van der Waals surface area contributed by atoms with E-state index in [-0.39, 0.29) is 18.1 Å². The number of ether oxygens (including phenoxy) is 1. The first-order valence-electron chi connectivity index (χ1n) is 12.3. The maximum absolute atomic E-state index is 13.6. The lowest BCUT2D eigenvalue weighted by Gasteiger charge is -2.11. The molecule has 2 aromatic carbocycles. The molecule has 192 valence electrons. The van der Waals surface area contributed by atoms with Crippen LogP contribution in [0.4, 0.5) is 5.69 Å². The standard InChI is InChI=1S/C29H23N7O3/c1-3-39-29(38)23-16-32-36-26(11-12-30-27(23)36)18-7-6-8-20(13-18)33-28(37)22-14-25(19-15-31-35(2)17-19)34-24-10-5-4-9-21(22)24/h4-17H,3H2,1-2H3,(H,33,37). The van der Waals surface area contributed by atoms with Crippen LogP contribution in [0.2, 0.25) is 0 Å². The number of aromatic nitrogens is 6. The number of hydrogen-bond donors (Lipinski definition) is 1. The zero-order chi connectivity index (χ0) is 26.9. The van der Waals surface area contributed by atoms with Gasteiger partial charge in [-0.25, -0.2) is 19.3 Å². The maximum Gasteiger partial charge on any atom is 0.343 e. The minimum atomic E-state index is -0.478. The van der Waals surface area contributed by atoms with Gasteiger partial charge in [0.2, 0.25) is 0 Å². The van der Waals surface area contributed by atoms with Crippen LogP contribution < -0.4 is 5.32 Å². The van der Waals surface area contributed by atoms with Crippen molar-refractivity contribution in [2.45, 2.75) is 6.92 Å². The average molecular weight is 518 g/mol. The molecule has 4 aromatic heterocycles. The second-order valence-corrected chi connectivity index (χ2v) is 8.85. The molecule has 0 aliphatic rings. The number of nitrogens with zero attached hydrogens (tertiary/aromatic N) is 6. The van der Waals surface area contributed by atoms with Gasteiger partial charge >= 0.3 is 5.97 Å². The predicted molar refractivity (Wildman–Crippen MR) is 146 cm³/mol. The van der Waals surface area contributed by atoms with E-state index in [4.69, 9.17) is 9.72 Å². The SMILES string of the molecule is CCOC(=O)c1cnn2c(-c3cccc(NC(=O)c4cc(-c5cnn(C)c5)nc5ccccc45)c3)ccnc12. The number of rotatable bonds is 6. The first-order chi connectivity index (χ1) is 19.0. The Morgan fingerprint density at radius 2 is 1.82 bits per heavy atom. The van der Waals surface area contributed by atoms with Crippen molar-refractivity contribution in [3.8, 4) is 22.5 Å². The molecule has 0 aliphatic carbocycles. The number of carbonyl (C=O) groups excluding carboxylic acids is 2. The Kier molecular flexibility index (Phi) is 6.04. The summed E-state index contributed by atoms with van der Waals surface area (Å²) in [5.74, 6) is -0.743. The van der Waals surface area contributed by atoms with Crippen molar-refractivity contribution in [3.05, 3.63) is 96.6 Å². The molecule has 0 unspecified atom stereocenters. The van der Waals surface area contributed by atoms with Gasteiger partial charge in [0.15, 0.2) is 5.65 Å². The number of benzene rings is 2. The molecule has 0 aliphatic heterocycles. The molecule has 1 N–H and O–H groups in total. The van der Waals surface area contributed by atoms with Crippen LogP contribution >= 0.6 is 0 Å². The van der Waals surface area contributed by atoms with Gasteiger partial charge in [0.05, 0.1) is 41.5 Å². The molecule has 4 heterocycles. The topological polar surface area (TPSA) is 116 Å². The number of amides is 1. The number of carbonyl (C=O) groups is 2. The zero-order valence-corrected chi connectivity index (χ0v) is 21.2. The molecule has 0 spiro atoms. The van der Waals surface area contributed by atoms with Gasteiger partial charge in [-0.3, -0.25) is 9.48 Å². The lowest BCUT2D eigenvalue weighted by atomic mass is 10.0. The van der Waals surface area contributed by atoms with E-state index in [2.05, 4.69) is 20.5 Å². The normalized spacial score (nSPS) is 11.1. The summed E-state index contributed by atoms with van der Waals surface area (Å²) in [5.41, 5.74) is 5.48. The molecule has 1 amide bonds. The van der Waals surface area contributed by atoms with Crippen LogP contribution in [0, 0.1) is 0 Å². The molecule has 39 heavy (non-hydrogen) atoms. The summed E-state index contributed by atoms with van der Waals surface area (Å²) in [6.07, 6.45) is 6.65. The highest BCUT2D eigenvalue weighted by Crippen LogP contribution is 2.27. The van der Waals surface area contributed by atoms with E-state index < -0.39 is 5.97 Å². The van der Waals surface area contributed by atoms with Gasteiger partial charge in [-0.05, 0) is 37.3 Å². The molecular formula is C29H23N7O3. The largest absolute Gasteiger partial charge is 0.462 e. The Hall–Kier alpha value is -5.38. The molecule has 0 radical (unpaired) electrons. The van der Waals surface area contributed by atoms with E-state index in [1.807, 2.05) is 61.8 Å². The van der Waals surface area contributed by atoms with Gasteiger partial charge in [0.1, 0.15) is 5.56 Å². The van der Waals surface area contributed by atoms with E-state index in [0.29, 0.717) is 33.8 Å². The summed E-state index contributed by atoms with van der Waals surface area (Å²) >= 11 is 0. The van der Waals surface area contributed by atoms with Crippen molar-refractivity contribution < 1.29 is 14.3 Å². The highest BCUT2D eigenvalue weighted by molar-refractivity contribution is 6.13. The molecule has 0 saturated carbocycles. The van der Waals surface area contributed by atoms with Gasteiger partial charge in [-0.15, -0.1) is 0 Å². The quantitative estimate of drug-likeness (QED) is 0.316. The summed E-state index contributed by atoms with van der Waals surface area (Å²) < 4.78 is 8.41. The second-order valence-electron chi connectivity index (χ2n) is 8.85. The molecule has 0 fully saturated rings. The van der Waals surface area contributed by atoms with Gasteiger partial charge in [-0.1, -0.05) is 30.3 Å². The van der Waals surface area contributed by atoms with Crippen LogP contribution in [0.25, 0.3) is 39.1 Å². The smallest absolute Gasteiger partial charge is 0.343 e. The van der Waals surface area contributed by atoms with Crippen LogP contribution in [0.15, 0.2) is 85.5 Å². The lowest BCUT2D eigenvalue weighted by Crippen LogP contribution is -2.13. The monoisotopic (exact) mass is 517 g/mol. The number of fused-ring (bicyclic) bond motifs is 2. The zero-order valence-electron chi connectivity index (χ0n) is 21.2. The highest BCUT2D eigenvalue weighted by Gasteiger charge is 2.18. The average Bonchev–Trinajstić information content (AvgIpc) is 3.59. The predicted octanol–water partition coefficient (Wildman–Crippen LogP) is 4.77. The van der Waals surface area contributed by atoms with E-state index in [1.54, 1.807) is 40.6 Å². The summed E-state index contributed by atoms with van der Waals surface area (Å²) in [5, 5.41) is 12.4. The van der Waals surface area contributed by atoms with Crippen molar-refractivity contribution in [1.82, 2.24) is 29.4 Å². The summed E-state index contributed by atoms with van der Waals surface area (Å²) in [4.78, 5) is 35.0. The fourth-order valence-electron chi connectivity index (χ4n) is 4.48. The summed E-state index contributed by atoms with van der Waals surface area (Å²) in [6.45, 7) is 2.00. The van der Waals surface area contributed by atoms with E-state index in [0.717, 1.165) is 16.5 Å². The third kappa shape index (κ3) is 4.48. The molecule has 6 aromatic rings. The molecule has 10 nitrogen and oxygen atoms in total. The van der Waals surface area contributed by atoms with Gasteiger partial charge in [0.25, 0.3) is 5.91 Å².